The zero-order valence-electron chi connectivity index (χ0n) is 12.0. The summed E-state index contributed by atoms with van der Waals surface area (Å²) in [5, 5.41) is 5.43. The van der Waals surface area contributed by atoms with E-state index in [9.17, 15) is 4.39 Å². The van der Waals surface area contributed by atoms with Crippen LogP contribution in [-0.2, 0) is 0 Å². The lowest BCUT2D eigenvalue weighted by atomic mass is 10.0. The molecule has 1 atom stereocenters. The van der Waals surface area contributed by atoms with Crippen molar-refractivity contribution in [3.8, 4) is 5.75 Å². The van der Waals surface area contributed by atoms with Crippen LogP contribution in [0.3, 0.4) is 0 Å². The van der Waals surface area contributed by atoms with E-state index in [2.05, 4.69) is 21.7 Å². The van der Waals surface area contributed by atoms with E-state index in [1.165, 1.54) is 10.9 Å². The molecule has 1 unspecified atom stereocenters. The van der Waals surface area contributed by atoms with Crippen molar-refractivity contribution in [2.75, 3.05) is 33.3 Å². The molecule has 1 aliphatic rings. The van der Waals surface area contributed by atoms with E-state index in [1.807, 2.05) is 6.07 Å². The maximum absolute atomic E-state index is 13.8. The van der Waals surface area contributed by atoms with Crippen molar-refractivity contribution in [3.05, 3.63) is 52.0 Å². The molecule has 0 aliphatic carbocycles. The summed E-state index contributed by atoms with van der Waals surface area (Å²) in [7, 11) is 1.64. The summed E-state index contributed by atoms with van der Waals surface area (Å²) >= 11 is 1.70. The third kappa shape index (κ3) is 3.10. The lowest BCUT2D eigenvalue weighted by Gasteiger charge is -2.35. The van der Waals surface area contributed by atoms with Gasteiger partial charge in [0.15, 0.2) is 0 Å². The number of benzene rings is 1. The van der Waals surface area contributed by atoms with Crippen molar-refractivity contribution in [2.45, 2.75) is 6.04 Å². The second kappa shape index (κ2) is 6.56. The molecule has 2 heterocycles. The number of hydrogen-bond donors (Lipinski definition) is 1. The highest BCUT2D eigenvalue weighted by Gasteiger charge is 2.27. The van der Waals surface area contributed by atoms with Gasteiger partial charge in [0.05, 0.1) is 13.2 Å². The van der Waals surface area contributed by atoms with Crippen LogP contribution in [0.4, 0.5) is 4.39 Å². The monoisotopic (exact) mass is 306 g/mol. The Labute approximate surface area is 128 Å². The van der Waals surface area contributed by atoms with Crippen molar-refractivity contribution < 1.29 is 9.13 Å². The Kier molecular flexibility index (Phi) is 4.53. The summed E-state index contributed by atoms with van der Waals surface area (Å²) in [6.07, 6.45) is 0. The Morgan fingerprint density at radius 2 is 2.10 bits per heavy atom. The highest BCUT2D eigenvalue weighted by atomic mass is 32.1. The van der Waals surface area contributed by atoms with Gasteiger partial charge in [-0.25, -0.2) is 4.39 Å². The molecule has 0 saturated carbocycles. The summed E-state index contributed by atoms with van der Waals surface area (Å²) < 4.78 is 19.2. The van der Waals surface area contributed by atoms with E-state index in [1.54, 1.807) is 30.6 Å². The van der Waals surface area contributed by atoms with Crippen LogP contribution in [0, 0.1) is 5.82 Å². The van der Waals surface area contributed by atoms with Crippen LogP contribution in [0.25, 0.3) is 0 Å². The van der Waals surface area contributed by atoms with Gasteiger partial charge in [0.1, 0.15) is 11.6 Å². The molecule has 1 aromatic carbocycles. The number of methoxy groups -OCH3 is 1. The van der Waals surface area contributed by atoms with Gasteiger partial charge in [-0.3, -0.25) is 4.90 Å². The molecule has 3 nitrogen and oxygen atoms in total. The number of thiophene rings is 1. The number of halogens is 1. The Balaban J connectivity index is 2.04. The second-order valence-corrected chi connectivity index (χ2v) is 6.07. The lowest BCUT2D eigenvalue weighted by molar-refractivity contribution is 0.197. The smallest absolute Gasteiger partial charge is 0.124 e. The molecule has 21 heavy (non-hydrogen) atoms. The summed E-state index contributed by atoms with van der Waals surface area (Å²) in [5.41, 5.74) is 0.904. The highest BCUT2D eigenvalue weighted by Crippen LogP contribution is 2.37. The maximum atomic E-state index is 13.8. The molecule has 0 amide bonds. The van der Waals surface area contributed by atoms with Crippen LogP contribution in [-0.4, -0.2) is 38.2 Å². The first-order valence-corrected chi connectivity index (χ1v) is 7.99. The minimum atomic E-state index is -0.220. The molecule has 2 aromatic rings. The Bertz CT molecular complexity index is 582. The van der Waals surface area contributed by atoms with Crippen LogP contribution in [0.5, 0.6) is 5.75 Å². The van der Waals surface area contributed by atoms with Crippen molar-refractivity contribution in [1.29, 1.82) is 0 Å². The van der Waals surface area contributed by atoms with E-state index in [0.717, 1.165) is 37.5 Å². The fraction of sp³-hybridized carbons (Fsp3) is 0.375. The number of piperazine rings is 1. The van der Waals surface area contributed by atoms with Gasteiger partial charge >= 0.3 is 0 Å². The second-order valence-electron chi connectivity index (χ2n) is 5.09. The van der Waals surface area contributed by atoms with Crippen LogP contribution >= 0.6 is 11.3 Å². The average molecular weight is 306 g/mol. The molecule has 1 aliphatic heterocycles. The van der Waals surface area contributed by atoms with E-state index in [0.29, 0.717) is 0 Å². The van der Waals surface area contributed by atoms with Crippen LogP contribution < -0.4 is 10.1 Å². The zero-order chi connectivity index (χ0) is 14.7. The van der Waals surface area contributed by atoms with Crippen LogP contribution in [0.2, 0.25) is 0 Å². The first-order chi connectivity index (χ1) is 10.3. The molecule has 0 radical (unpaired) electrons. The minimum Gasteiger partial charge on any atom is -0.496 e. The molecule has 112 valence electrons. The minimum absolute atomic E-state index is 0.0535. The van der Waals surface area contributed by atoms with Crippen LogP contribution in [0.1, 0.15) is 16.5 Å². The number of nitrogens with one attached hydrogen (secondary N) is 1. The lowest BCUT2D eigenvalue weighted by Crippen LogP contribution is -2.45. The van der Waals surface area contributed by atoms with E-state index < -0.39 is 0 Å². The fourth-order valence-corrected chi connectivity index (χ4v) is 3.71. The molecular formula is C16H19FN2OS. The standard InChI is InChI=1S/C16H19FN2OS/c1-20-14-5-4-12(17)11-13(14)16(15-3-2-10-21-15)19-8-6-18-7-9-19/h2-5,10-11,16,18H,6-9H2,1H3. The van der Waals surface area contributed by atoms with E-state index >= 15 is 0 Å². The van der Waals surface area contributed by atoms with Gasteiger partial charge in [0.2, 0.25) is 0 Å². The maximum Gasteiger partial charge on any atom is 0.124 e. The number of ether oxygens (including phenoxy) is 1. The molecule has 5 heteroatoms. The first-order valence-electron chi connectivity index (χ1n) is 7.11. The molecule has 0 bridgehead atoms. The number of rotatable bonds is 4. The van der Waals surface area contributed by atoms with Crippen molar-refractivity contribution in [2.24, 2.45) is 0 Å². The predicted molar refractivity (Wildman–Crippen MR) is 83.6 cm³/mol. The van der Waals surface area contributed by atoms with Gasteiger partial charge in [0, 0.05) is 36.6 Å². The van der Waals surface area contributed by atoms with Gasteiger partial charge in [-0.2, -0.15) is 0 Å². The van der Waals surface area contributed by atoms with E-state index in [4.69, 9.17) is 4.74 Å². The average Bonchev–Trinajstić information content (AvgIpc) is 3.03. The summed E-state index contributed by atoms with van der Waals surface area (Å²) in [6.45, 7) is 3.81. The molecule has 3 rings (SSSR count). The van der Waals surface area contributed by atoms with Gasteiger partial charge in [-0.05, 0) is 29.6 Å². The van der Waals surface area contributed by atoms with Gasteiger partial charge in [-0.15, -0.1) is 11.3 Å². The normalized spacial score (nSPS) is 17.6. The topological polar surface area (TPSA) is 24.5 Å². The van der Waals surface area contributed by atoms with Gasteiger partial charge in [0.25, 0.3) is 0 Å². The largest absolute Gasteiger partial charge is 0.496 e. The SMILES string of the molecule is COc1ccc(F)cc1C(c1cccs1)N1CCNCC1. The quantitative estimate of drug-likeness (QED) is 0.940. The zero-order valence-corrected chi connectivity index (χ0v) is 12.8. The molecule has 1 aromatic heterocycles. The molecule has 1 saturated heterocycles. The van der Waals surface area contributed by atoms with Gasteiger partial charge < -0.3 is 10.1 Å². The number of hydrogen-bond acceptors (Lipinski definition) is 4. The van der Waals surface area contributed by atoms with Gasteiger partial charge in [-0.1, -0.05) is 6.07 Å². The summed E-state index contributed by atoms with van der Waals surface area (Å²) in [4.78, 5) is 3.61. The molecule has 1 fully saturated rings. The Morgan fingerprint density at radius 3 is 2.76 bits per heavy atom. The third-order valence-corrected chi connectivity index (χ3v) is 4.74. The molecule has 0 spiro atoms. The molecular weight excluding hydrogens is 287 g/mol. The van der Waals surface area contributed by atoms with E-state index in [-0.39, 0.29) is 11.9 Å². The highest BCUT2D eigenvalue weighted by molar-refractivity contribution is 7.10. The summed E-state index contributed by atoms with van der Waals surface area (Å²) in [6, 6.07) is 8.98. The fourth-order valence-electron chi connectivity index (χ4n) is 2.84. The molecule has 1 N–H and O–H groups in total. The van der Waals surface area contributed by atoms with Crippen molar-refractivity contribution in [1.82, 2.24) is 10.2 Å². The Morgan fingerprint density at radius 1 is 1.29 bits per heavy atom. The van der Waals surface area contributed by atoms with Crippen LogP contribution in [0.15, 0.2) is 35.7 Å². The summed E-state index contributed by atoms with van der Waals surface area (Å²) in [5.74, 6) is 0.524. The Hall–Kier alpha value is -1.43. The first kappa shape index (κ1) is 14.5. The van der Waals surface area contributed by atoms with Crippen molar-refractivity contribution in [3.63, 3.8) is 0 Å². The third-order valence-electron chi connectivity index (χ3n) is 3.82. The predicted octanol–water partition coefficient (Wildman–Crippen LogP) is 2.89. The van der Waals surface area contributed by atoms with Crippen molar-refractivity contribution >= 4 is 11.3 Å². The number of nitrogens with zero attached hydrogens (tertiary/aromatic N) is 1.